The summed E-state index contributed by atoms with van der Waals surface area (Å²) >= 11 is 3.32. The number of anilines is 1. The van der Waals surface area contributed by atoms with Crippen molar-refractivity contribution in [3.63, 3.8) is 0 Å². The second-order valence-corrected chi connectivity index (χ2v) is 4.88. The van der Waals surface area contributed by atoms with Crippen molar-refractivity contribution in [1.82, 2.24) is 9.97 Å². The summed E-state index contributed by atoms with van der Waals surface area (Å²) in [6.45, 7) is 3.75. The van der Waals surface area contributed by atoms with Crippen LogP contribution in [0.25, 0.3) is 0 Å². The predicted octanol–water partition coefficient (Wildman–Crippen LogP) is 2.22. The van der Waals surface area contributed by atoms with Gasteiger partial charge in [0.2, 0.25) is 0 Å². The maximum absolute atomic E-state index is 5.47. The van der Waals surface area contributed by atoms with Crippen molar-refractivity contribution in [1.29, 1.82) is 0 Å². The number of aromatic nitrogens is 2. The number of halogens is 1. The van der Waals surface area contributed by atoms with E-state index in [0.29, 0.717) is 0 Å². The Morgan fingerprint density at radius 1 is 1.53 bits per heavy atom. The van der Waals surface area contributed by atoms with E-state index in [1.807, 2.05) is 6.07 Å². The van der Waals surface area contributed by atoms with Crippen LogP contribution in [-0.4, -0.2) is 28.7 Å². The standard InChI is InChI=1S/C10H14BrN3O/c1-10(3-2-4-15-6-10)14-9-5-8(11)12-7-13-9/h5,7H,2-4,6H2,1H3,(H,12,13,14). The van der Waals surface area contributed by atoms with Crippen molar-refractivity contribution in [2.75, 3.05) is 18.5 Å². The molecule has 1 aromatic heterocycles. The van der Waals surface area contributed by atoms with Crippen LogP contribution in [0.4, 0.5) is 5.82 Å². The maximum Gasteiger partial charge on any atom is 0.130 e. The Bertz CT molecular complexity index is 339. The zero-order valence-corrected chi connectivity index (χ0v) is 10.2. The van der Waals surface area contributed by atoms with Gasteiger partial charge in [-0.3, -0.25) is 0 Å². The summed E-state index contributed by atoms with van der Waals surface area (Å²) in [7, 11) is 0. The molecule has 1 aliphatic rings. The van der Waals surface area contributed by atoms with Crippen molar-refractivity contribution in [3.05, 3.63) is 17.0 Å². The average molecular weight is 272 g/mol. The minimum absolute atomic E-state index is 0.00789. The molecule has 1 atom stereocenters. The quantitative estimate of drug-likeness (QED) is 0.838. The molecule has 2 heterocycles. The minimum Gasteiger partial charge on any atom is -0.379 e. The van der Waals surface area contributed by atoms with E-state index in [9.17, 15) is 0 Å². The van der Waals surface area contributed by atoms with Crippen molar-refractivity contribution < 1.29 is 4.74 Å². The first-order valence-corrected chi connectivity index (χ1v) is 5.81. The van der Waals surface area contributed by atoms with Crippen LogP contribution in [0.1, 0.15) is 19.8 Å². The van der Waals surface area contributed by atoms with Gasteiger partial charge in [-0.15, -0.1) is 0 Å². The summed E-state index contributed by atoms with van der Waals surface area (Å²) in [5.41, 5.74) is -0.00789. The molecule has 1 saturated heterocycles. The lowest BCUT2D eigenvalue weighted by atomic mass is 9.95. The van der Waals surface area contributed by atoms with Gasteiger partial charge in [0.25, 0.3) is 0 Å². The van der Waals surface area contributed by atoms with Crippen LogP contribution in [0.5, 0.6) is 0 Å². The Morgan fingerprint density at radius 2 is 2.40 bits per heavy atom. The minimum atomic E-state index is -0.00789. The second-order valence-electron chi connectivity index (χ2n) is 4.07. The van der Waals surface area contributed by atoms with Gasteiger partial charge in [-0.25, -0.2) is 9.97 Å². The Balaban J connectivity index is 2.06. The van der Waals surface area contributed by atoms with Crippen LogP contribution in [0.15, 0.2) is 17.0 Å². The summed E-state index contributed by atoms with van der Waals surface area (Å²) < 4.78 is 6.26. The summed E-state index contributed by atoms with van der Waals surface area (Å²) in [6, 6.07) is 1.87. The molecule has 1 fully saturated rings. The zero-order chi connectivity index (χ0) is 10.7. The Hall–Kier alpha value is -0.680. The first-order valence-electron chi connectivity index (χ1n) is 5.01. The lowest BCUT2D eigenvalue weighted by molar-refractivity contribution is 0.0539. The van der Waals surface area contributed by atoms with Gasteiger partial charge in [0.05, 0.1) is 12.1 Å². The SMILES string of the molecule is CC1(Nc2cc(Br)ncn2)CCCOC1. The van der Waals surface area contributed by atoms with Gasteiger partial charge in [0, 0.05) is 12.7 Å². The third-order valence-corrected chi connectivity index (χ3v) is 2.94. The molecule has 0 aliphatic carbocycles. The Kier molecular flexibility index (Phi) is 3.21. The third-order valence-electron chi connectivity index (χ3n) is 2.50. The molecule has 1 aromatic rings. The topological polar surface area (TPSA) is 47.0 Å². The highest BCUT2D eigenvalue weighted by atomic mass is 79.9. The molecule has 4 nitrogen and oxygen atoms in total. The van der Waals surface area contributed by atoms with E-state index in [-0.39, 0.29) is 5.54 Å². The Morgan fingerprint density at radius 3 is 3.07 bits per heavy atom. The van der Waals surface area contributed by atoms with Crippen molar-refractivity contribution in [3.8, 4) is 0 Å². The van der Waals surface area contributed by atoms with Crippen molar-refractivity contribution in [2.24, 2.45) is 0 Å². The molecule has 0 saturated carbocycles. The molecule has 0 bridgehead atoms. The van der Waals surface area contributed by atoms with E-state index in [0.717, 1.165) is 36.5 Å². The van der Waals surface area contributed by atoms with Crippen LogP contribution in [0.3, 0.4) is 0 Å². The molecule has 15 heavy (non-hydrogen) atoms. The average Bonchev–Trinajstić information content (AvgIpc) is 2.18. The van der Waals surface area contributed by atoms with Gasteiger partial charge >= 0.3 is 0 Å². The Labute approximate surface area is 97.6 Å². The number of hydrogen-bond acceptors (Lipinski definition) is 4. The summed E-state index contributed by atoms with van der Waals surface area (Å²) in [6.07, 6.45) is 3.74. The fraction of sp³-hybridized carbons (Fsp3) is 0.600. The molecule has 1 aliphatic heterocycles. The highest BCUT2D eigenvalue weighted by molar-refractivity contribution is 9.10. The molecule has 2 rings (SSSR count). The third kappa shape index (κ3) is 2.89. The molecule has 0 aromatic carbocycles. The van der Waals surface area contributed by atoms with Gasteiger partial charge in [0.1, 0.15) is 16.7 Å². The summed E-state index contributed by atoms with van der Waals surface area (Å²) in [4.78, 5) is 8.16. The molecular weight excluding hydrogens is 258 g/mol. The molecular formula is C10H14BrN3O. The van der Waals surface area contributed by atoms with E-state index >= 15 is 0 Å². The van der Waals surface area contributed by atoms with Crippen molar-refractivity contribution >= 4 is 21.7 Å². The van der Waals surface area contributed by atoms with Gasteiger partial charge in [-0.1, -0.05) is 0 Å². The number of nitrogens with one attached hydrogen (secondary N) is 1. The fourth-order valence-corrected chi connectivity index (χ4v) is 2.05. The number of ether oxygens (including phenoxy) is 1. The lowest BCUT2D eigenvalue weighted by Gasteiger charge is -2.34. The zero-order valence-electron chi connectivity index (χ0n) is 8.66. The number of hydrogen-bond donors (Lipinski definition) is 1. The molecule has 0 spiro atoms. The van der Waals surface area contributed by atoms with E-state index in [1.165, 1.54) is 0 Å². The van der Waals surface area contributed by atoms with Crippen LogP contribution >= 0.6 is 15.9 Å². The molecule has 1 unspecified atom stereocenters. The maximum atomic E-state index is 5.47. The van der Waals surface area contributed by atoms with Crippen LogP contribution in [-0.2, 0) is 4.74 Å². The van der Waals surface area contributed by atoms with Crippen molar-refractivity contribution in [2.45, 2.75) is 25.3 Å². The number of nitrogens with zero attached hydrogens (tertiary/aromatic N) is 2. The van der Waals surface area contributed by atoms with Crippen LogP contribution in [0, 0.1) is 0 Å². The largest absolute Gasteiger partial charge is 0.379 e. The molecule has 1 N–H and O–H groups in total. The fourth-order valence-electron chi connectivity index (χ4n) is 1.74. The van der Waals surface area contributed by atoms with Gasteiger partial charge < -0.3 is 10.1 Å². The van der Waals surface area contributed by atoms with E-state index in [4.69, 9.17) is 4.74 Å². The highest BCUT2D eigenvalue weighted by Gasteiger charge is 2.27. The van der Waals surface area contributed by atoms with Gasteiger partial charge in [-0.05, 0) is 35.7 Å². The molecule has 5 heteroatoms. The predicted molar refractivity (Wildman–Crippen MR) is 61.8 cm³/mol. The smallest absolute Gasteiger partial charge is 0.130 e. The molecule has 0 amide bonds. The summed E-state index contributed by atoms with van der Waals surface area (Å²) in [5.74, 6) is 0.838. The van der Waals surface area contributed by atoms with Crippen LogP contribution < -0.4 is 5.32 Å². The first-order chi connectivity index (χ1) is 7.18. The second kappa shape index (κ2) is 4.45. The summed E-state index contributed by atoms with van der Waals surface area (Å²) in [5, 5.41) is 3.39. The first kappa shape index (κ1) is 10.8. The number of rotatable bonds is 2. The highest BCUT2D eigenvalue weighted by Crippen LogP contribution is 2.23. The van der Waals surface area contributed by atoms with Gasteiger partial charge in [-0.2, -0.15) is 0 Å². The molecule has 82 valence electrons. The normalized spacial score (nSPS) is 26.3. The monoisotopic (exact) mass is 271 g/mol. The van der Waals surface area contributed by atoms with E-state index in [2.05, 4.69) is 38.1 Å². The molecule has 0 radical (unpaired) electrons. The lowest BCUT2D eigenvalue weighted by Crippen LogP contribution is -2.43. The van der Waals surface area contributed by atoms with E-state index in [1.54, 1.807) is 6.33 Å². The van der Waals surface area contributed by atoms with Gasteiger partial charge in [0.15, 0.2) is 0 Å². The van der Waals surface area contributed by atoms with E-state index < -0.39 is 0 Å². The van der Waals surface area contributed by atoms with Crippen LogP contribution in [0.2, 0.25) is 0 Å².